The molecular weight excluding hydrogens is 1380 g/mol. The lowest BCUT2D eigenvalue weighted by molar-refractivity contribution is -0.161. The van der Waals surface area contributed by atoms with Gasteiger partial charge in [0.05, 0.1) is 32.8 Å². The molecule has 106 heavy (non-hydrogen) atoms. The van der Waals surface area contributed by atoms with Crippen LogP contribution in [0, 0.1) is 0 Å². The minimum Gasteiger partial charge on any atom is -0.462 e. The highest BCUT2D eigenvalue weighted by Gasteiger charge is 2.30. The number of carbonyl (C=O) groups is 4. The third kappa shape index (κ3) is 75.6. The minimum atomic E-state index is -5.03. The molecule has 19 heteroatoms. The van der Waals surface area contributed by atoms with Crippen LogP contribution in [0.1, 0.15) is 246 Å². The predicted octanol–water partition coefficient (Wildman–Crippen LogP) is 22.9. The number of carbonyl (C=O) groups excluding carboxylic acids is 4. The Bertz CT molecular complexity index is 2880. The number of phosphoric acid groups is 2. The predicted molar refractivity (Wildman–Crippen MR) is 435 cm³/mol. The SMILES string of the molecule is CC/C=C\C/C=C\C/C=C\C/C=C\C/C=C\C/C=C\CCC(=O)OCC(COP(=O)(O)OCC(O)COP(=O)(O)OCC(COC(=O)CCCCC/C=C\C/C=C\C/C=C\C/C=C\C/C=C\CC)OC(=O)C/C=C\C/C=C\C/C=C\C/C=C\C/C=C\CC)OC(=O)CCCCCCC/C=C\C/C=C\CCC. The quantitative estimate of drug-likeness (QED) is 0.0169. The van der Waals surface area contributed by atoms with Crippen molar-refractivity contribution in [1.29, 1.82) is 0 Å². The molecule has 0 bridgehead atoms. The van der Waals surface area contributed by atoms with Crippen LogP contribution in [-0.4, -0.2) is 96.7 Å². The topological polar surface area (TPSA) is 237 Å². The van der Waals surface area contributed by atoms with Crippen molar-refractivity contribution in [1.82, 2.24) is 0 Å². The third-order valence-corrected chi connectivity index (χ3v) is 16.8. The summed E-state index contributed by atoms with van der Waals surface area (Å²) in [4.78, 5) is 72.9. The Labute approximate surface area is 639 Å². The molecule has 0 amide bonds. The molecule has 5 atom stereocenters. The van der Waals surface area contributed by atoms with Crippen molar-refractivity contribution >= 4 is 39.5 Å². The maximum Gasteiger partial charge on any atom is 0.472 e. The van der Waals surface area contributed by atoms with E-state index in [4.69, 9.17) is 37.0 Å². The van der Waals surface area contributed by atoms with E-state index in [1.165, 1.54) is 0 Å². The average Bonchev–Trinajstić information content (AvgIpc) is 0.901. The Morgan fingerprint density at radius 1 is 0.283 bits per heavy atom. The van der Waals surface area contributed by atoms with Gasteiger partial charge in [0.1, 0.15) is 19.3 Å². The van der Waals surface area contributed by atoms with Crippen LogP contribution in [0.3, 0.4) is 0 Å². The lowest BCUT2D eigenvalue weighted by Crippen LogP contribution is -2.30. The number of aliphatic hydroxyl groups is 1. The van der Waals surface area contributed by atoms with Crippen LogP contribution in [0.5, 0.6) is 0 Å². The fourth-order valence-corrected chi connectivity index (χ4v) is 10.7. The highest BCUT2D eigenvalue weighted by molar-refractivity contribution is 7.47. The number of hydrogen-bond acceptors (Lipinski definition) is 15. The highest BCUT2D eigenvalue weighted by Crippen LogP contribution is 2.45. The number of ether oxygens (including phenoxy) is 4. The number of hydrogen-bond donors (Lipinski definition) is 3. The number of esters is 4. The summed E-state index contributed by atoms with van der Waals surface area (Å²) in [6.07, 6.45) is 96.9. The summed E-state index contributed by atoms with van der Waals surface area (Å²) >= 11 is 0. The molecule has 0 spiro atoms. The molecule has 0 rings (SSSR count). The average molecular weight is 1510 g/mol. The molecule has 0 saturated heterocycles. The summed E-state index contributed by atoms with van der Waals surface area (Å²) in [6, 6.07) is 0. The van der Waals surface area contributed by atoms with Crippen LogP contribution in [0.25, 0.3) is 0 Å². The lowest BCUT2D eigenvalue weighted by Gasteiger charge is -2.21. The van der Waals surface area contributed by atoms with Gasteiger partial charge in [0.15, 0.2) is 12.2 Å². The second-order valence-corrected chi connectivity index (χ2v) is 27.7. The molecule has 0 heterocycles. The Kier molecular flexibility index (Phi) is 71.8. The van der Waals surface area contributed by atoms with Crippen molar-refractivity contribution in [3.8, 4) is 0 Å². The molecule has 0 aliphatic carbocycles. The first kappa shape index (κ1) is 99.4. The van der Waals surface area contributed by atoms with Gasteiger partial charge in [0.25, 0.3) is 0 Å². The molecule has 0 aromatic carbocycles. The van der Waals surface area contributed by atoms with E-state index in [0.29, 0.717) is 32.1 Å². The summed E-state index contributed by atoms with van der Waals surface area (Å²) < 4.78 is 68.3. The molecule has 0 aliphatic rings. The number of aliphatic hydroxyl groups excluding tert-OH is 1. The Balaban J connectivity index is 5.54. The summed E-state index contributed by atoms with van der Waals surface area (Å²) in [7, 11) is -10.0. The Morgan fingerprint density at radius 3 is 0.906 bits per heavy atom. The molecule has 0 fully saturated rings. The zero-order chi connectivity index (χ0) is 77.4. The molecule has 3 N–H and O–H groups in total. The van der Waals surface area contributed by atoms with Gasteiger partial charge in [0.2, 0.25) is 0 Å². The second-order valence-electron chi connectivity index (χ2n) is 24.8. The number of rotatable bonds is 70. The molecule has 17 nitrogen and oxygen atoms in total. The van der Waals surface area contributed by atoms with Gasteiger partial charge in [-0.3, -0.25) is 37.3 Å². The van der Waals surface area contributed by atoms with E-state index in [2.05, 4.69) is 204 Å². The standard InChI is InChI=1S/C87H134O17P2/c1-5-9-13-17-21-25-29-33-36-38-40-42-45-48-51-55-59-63-67-71-84(89)97-77-82(103-86(91)73-69-65-61-57-53-47-32-28-24-20-16-12-8-4)79-101-105(93,94)99-75-81(88)76-100-106(95,96)102-80-83(104-87(92)74-70-66-62-58-54-50-44-35-31-27-23-19-15-11-7-3)78-98-85(90)72-68-64-60-56-52-49-46-43-41-39-37-34-30-26-22-18-14-10-6-2/h9-11,13-16,20-23,25-28,32-37,40-44,48-49,51-52,54,58-59,63,66,70,81-83,88H,5-8,12,17-19,24,29-31,38-39,45-47,50,53,55-57,60-62,64-65,67-69,71-80H2,1-4H3,(H,93,94)(H,95,96)/b13-9-,14-10-,15-11-,20-16-,25-21-,26-22-,27-23-,32-28-,36-33-,37-34-,42-40-,43-41-,44-35-,51-48-,52-49-,58-54-,63-59-,70-66-. The normalized spacial score (nSPS) is 15.0. The fraction of sp³-hybridized carbons (Fsp3) is 0.540. The molecule has 0 aliphatic heterocycles. The van der Waals surface area contributed by atoms with Crippen LogP contribution in [-0.2, 0) is 65.4 Å². The lowest BCUT2D eigenvalue weighted by atomic mass is 10.1. The summed E-state index contributed by atoms with van der Waals surface area (Å²) in [6.45, 7) is 4.15. The van der Waals surface area contributed by atoms with E-state index in [0.717, 1.165) is 161 Å². The van der Waals surface area contributed by atoms with E-state index >= 15 is 0 Å². The number of unbranched alkanes of at least 4 members (excludes halogenated alkanes) is 9. The van der Waals surface area contributed by atoms with Gasteiger partial charge >= 0.3 is 39.5 Å². The summed E-state index contributed by atoms with van der Waals surface area (Å²) in [5, 5.41) is 10.6. The van der Waals surface area contributed by atoms with Crippen LogP contribution >= 0.6 is 15.6 Å². The molecule has 0 radical (unpaired) electrons. The first-order valence-electron chi connectivity index (χ1n) is 39.0. The summed E-state index contributed by atoms with van der Waals surface area (Å²) in [5.41, 5.74) is 0. The maximum absolute atomic E-state index is 13.1. The van der Waals surface area contributed by atoms with Gasteiger partial charge in [-0.05, 0) is 161 Å². The zero-order valence-electron chi connectivity index (χ0n) is 64.8. The van der Waals surface area contributed by atoms with Crippen molar-refractivity contribution in [2.24, 2.45) is 0 Å². The van der Waals surface area contributed by atoms with Gasteiger partial charge in [0, 0.05) is 19.3 Å². The van der Waals surface area contributed by atoms with E-state index in [1.807, 2.05) is 30.4 Å². The molecule has 0 saturated carbocycles. The van der Waals surface area contributed by atoms with Crippen LogP contribution < -0.4 is 0 Å². The Hall–Kier alpha value is -6.62. The van der Waals surface area contributed by atoms with Gasteiger partial charge < -0.3 is 33.8 Å². The number of allylic oxidation sites excluding steroid dienone is 35. The van der Waals surface area contributed by atoms with Crippen molar-refractivity contribution < 1.29 is 80.2 Å². The van der Waals surface area contributed by atoms with Gasteiger partial charge in [-0.2, -0.15) is 0 Å². The van der Waals surface area contributed by atoms with E-state index in [-0.39, 0.29) is 25.7 Å². The van der Waals surface area contributed by atoms with Crippen molar-refractivity contribution in [3.63, 3.8) is 0 Å². The molecule has 0 aromatic rings. The molecule has 5 unspecified atom stereocenters. The van der Waals surface area contributed by atoms with Crippen LogP contribution in [0.2, 0.25) is 0 Å². The van der Waals surface area contributed by atoms with E-state index in [9.17, 15) is 43.2 Å². The summed E-state index contributed by atoms with van der Waals surface area (Å²) in [5.74, 6) is -2.51. The number of phosphoric ester groups is 2. The third-order valence-electron chi connectivity index (χ3n) is 14.9. The molecule has 0 aromatic heterocycles. The van der Waals surface area contributed by atoms with E-state index in [1.54, 1.807) is 12.2 Å². The first-order chi connectivity index (χ1) is 51.7. The van der Waals surface area contributed by atoms with Gasteiger partial charge in [-0.1, -0.05) is 279 Å². The molecule has 594 valence electrons. The zero-order valence-corrected chi connectivity index (χ0v) is 66.5. The van der Waals surface area contributed by atoms with Crippen molar-refractivity contribution in [2.75, 3.05) is 39.6 Å². The Morgan fingerprint density at radius 2 is 0.547 bits per heavy atom. The fourth-order valence-electron chi connectivity index (χ4n) is 9.15. The largest absolute Gasteiger partial charge is 0.472 e. The van der Waals surface area contributed by atoms with Crippen molar-refractivity contribution in [2.45, 2.75) is 264 Å². The van der Waals surface area contributed by atoms with Crippen molar-refractivity contribution in [3.05, 3.63) is 219 Å². The molecular formula is C87H134O17P2. The highest BCUT2D eigenvalue weighted by atomic mass is 31.2. The minimum absolute atomic E-state index is 0.0212. The maximum atomic E-state index is 13.1. The monoisotopic (exact) mass is 1510 g/mol. The van der Waals surface area contributed by atoms with Crippen LogP contribution in [0.15, 0.2) is 219 Å². The van der Waals surface area contributed by atoms with E-state index < -0.39 is 97.5 Å². The van der Waals surface area contributed by atoms with Gasteiger partial charge in [-0.15, -0.1) is 0 Å². The second kappa shape index (κ2) is 76.6. The van der Waals surface area contributed by atoms with Crippen LogP contribution in [0.4, 0.5) is 0 Å². The van der Waals surface area contributed by atoms with Gasteiger partial charge in [-0.25, -0.2) is 9.13 Å². The smallest absolute Gasteiger partial charge is 0.462 e. The first-order valence-corrected chi connectivity index (χ1v) is 42.0.